The maximum Gasteiger partial charge on any atom is 0.150 e. The fourth-order valence-electron chi connectivity index (χ4n) is 3.28. The van der Waals surface area contributed by atoms with Gasteiger partial charge in [-0.05, 0) is 62.7 Å². The summed E-state index contributed by atoms with van der Waals surface area (Å²) in [7, 11) is -1.58. The third-order valence-corrected chi connectivity index (χ3v) is 6.80. The molecule has 1 aliphatic rings. The molecule has 0 aromatic heterocycles. The van der Waals surface area contributed by atoms with Crippen molar-refractivity contribution in [2.75, 3.05) is 17.0 Å². The molecular weight excluding hydrogens is 452 g/mol. The molecule has 1 atom stereocenters. The summed E-state index contributed by atoms with van der Waals surface area (Å²) in [6.45, 7) is 4.57. The zero-order chi connectivity index (χ0) is 23.4. The number of nitrogens with two attached hydrogens (primary N) is 1. The van der Waals surface area contributed by atoms with Gasteiger partial charge in [-0.3, -0.25) is 0 Å². The number of nitrogen functional groups attached to an aromatic ring is 1. The van der Waals surface area contributed by atoms with Gasteiger partial charge >= 0.3 is 0 Å². The predicted molar refractivity (Wildman–Crippen MR) is 127 cm³/mol. The molecule has 32 heavy (non-hydrogen) atoms. The van der Waals surface area contributed by atoms with Crippen molar-refractivity contribution in [1.82, 2.24) is 5.32 Å². The van der Waals surface area contributed by atoms with Crippen molar-refractivity contribution in [3.05, 3.63) is 76.4 Å². The summed E-state index contributed by atoms with van der Waals surface area (Å²) >= 11 is 4.27. The average Bonchev–Trinajstić information content (AvgIpc) is 2.78. The van der Waals surface area contributed by atoms with E-state index in [4.69, 9.17) is 5.73 Å². The van der Waals surface area contributed by atoms with Gasteiger partial charge in [0.1, 0.15) is 17.4 Å². The standard InChI is InChI=1S/C16H17FN2O2S2.C7H8FN/c1-9-12(17)3-2-4-13(9)19-23(21)15-7-14(22)16(20)10-5-6-18-8-11(10)15;1-5-6(8)3-2-4-7(5)9/h2-4,7,18-20,22H,5-6,8H2,1H3;2-4H,9H2,1H3. The fourth-order valence-corrected chi connectivity index (χ4v) is 4.80. The minimum Gasteiger partial charge on any atom is -0.506 e. The number of halogens is 2. The Bertz CT molecular complexity index is 1150. The minimum atomic E-state index is -1.58. The highest BCUT2D eigenvalue weighted by Gasteiger charge is 2.22. The maximum absolute atomic E-state index is 13.6. The third-order valence-electron chi connectivity index (χ3n) is 5.29. The molecule has 0 fully saturated rings. The summed E-state index contributed by atoms with van der Waals surface area (Å²) in [5, 5.41) is 13.4. The Morgan fingerprint density at radius 1 is 1.09 bits per heavy atom. The summed E-state index contributed by atoms with van der Waals surface area (Å²) in [6, 6.07) is 10.9. The van der Waals surface area contributed by atoms with Crippen molar-refractivity contribution in [3.63, 3.8) is 0 Å². The van der Waals surface area contributed by atoms with Gasteiger partial charge in [0.2, 0.25) is 0 Å². The molecule has 0 amide bonds. The normalized spacial score (nSPS) is 13.5. The van der Waals surface area contributed by atoms with E-state index >= 15 is 0 Å². The quantitative estimate of drug-likeness (QED) is 0.281. The van der Waals surface area contributed by atoms with Crippen LogP contribution in [0.25, 0.3) is 0 Å². The monoisotopic (exact) mass is 477 g/mol. The highest BCUT2D eigenvalue weighted by molar-refractivity contribution is 7.86. The highest BCUT2D eigenvalue weighted by Crippen LogP contribution is 2.35. The van der Waals surface area contributed by atoms with E-state index in [2.05, 4.69) is 22.7 Å². The highest BCUT2D eigenvalue weighted by atomic mass is 32.2. The Labute approximate surface area is 194 Å². The van der Waals surface area contributed by atoms with Crippen molar-refractivity contribution >= 4 is 35.0 Å². The Morgan fingerprint density at radius 3 is 2.41 bits per heavy atom. The van der Waals surface area contributed by atoms with E-state index in [1.54, 1.807) is 44.2 Å². The minimum absolute atomic E-state index is 0.146. The van der Waals surface area contributed by atoms with Gasteiger partial charge < -0.3 is 20.9 Å². The lowest BCUT2D eigenvalue weighted by Crippen LogP contribution is -2.26. The third kappa shape index (κ3) is 5.23. The lowest BCUT2D eigenvalue weighted by atomic mass is 10.00. The van der Waals surface area contributed by atoms with Gasteiger partial charge in [-0.1, -0.05) is 12.1 Å². The Hall–Kier alpha value is -2.62. The molecule has 3 aromatic carbocycles. The first-order valence-corrected chi connectivity index (χ1v) is 11.5. The number of benzene rings is 3. The fraction of sp³-hybridized carbons (Fsp3) is 0.217. The summed E-state index contributed by atoms with van der Waals surface area (Å²) < 4.78 is 41.7. The van der Waals surface area contributed by atoms with Crippen LogP contribution in [0.1, 0.15) is 22.3 Å². The van der Waals surface area contributed by atoms with Gasteiger partial charge in [0.25, 0.3) is 0 Å². The van der Waals surface area contributed by atoms with Crippen molar-refractivity contribution in [2.45, 2.75) is 36.6 Å². The Morgan fingerprint density at radius 2 is 1.75 bits per heavy atom. The van der Waals surface area contributed by atoms with Gasteiger partial charge in [-0.2, -0.15) is 0 Å². The zero-order valence-electron chi connectivity index (χ0n) is 17.7. The van der Waals surface area contributed by atoms with Crippen LogP contribution >= 0.6 is 12.6 Å². The maximum atomic E-state index is 13.6. The van der Waals surface area contributed by atoms with E-state index < -0.39 is 11.0 Å². The second-order valence-electron chi connectivity index (χ2n) is 7.36. The van der Waals surface area contributed by atoms with Crippen molar-refractivity contribution in [2.24, 2.45) is 0 Å². The first-order valence-electron chi connectivity index (χ1n) is 9.92. The predicted octanol–water partition coefficient (Wildman–Crippen LogP) is 4.63. The lowest BCUT2D eigenvalue weighted by Gasteiger charge is -2.22. The number of hydrogen-bond donors (Lipinski definition) is 5. The van der Waals surface area contributed by atoms with Crippen molar-refractivity contribution in [1.29, 1.82) is 0 Å². The van der Waals surface area contributed by atoms with E-state index in [9.17, 15) is 18.1 Å². The van der Waals surface area contributed by atoms with Crippen molar-refractivity contribution in [3.8, 4) is 5.75 Å². The number of aromatic hydroxyl groups is 1. The summed E-state index contributed by atoms with van der Waals surface area (Å²) in [5.74, 6) is -0.446. The lowest BCUT2D eigenvalue weighted by molar-refractivity contribution is 0.446. The molecule has 0 saturated carbocycles. The molecule has 0 radical (unpaired) electrons. The molecule has 1 unspecified atom stereocenters. The second-order valence-corrected chi connectivity index (χ2v) is 9.03. The number of anilines is 2. The number of hydrogen-bond acceptors (Lipinski definition) is 5. The van der Waals surface area contributed by atoms with Gasteiger partial charge in [0.15, 0.2) is 11.0 Å². The van der Waals surface area contributed by atoms with Gasteiger partial charge in [-0.25, -0.2) is 13.0 Å². The number of thiol groups is 1. The Balaban J connectivity index is 0.000000269. The summed E-state index contributed by atoms with van der Waals surface area (Å²) in [4.78, 5) is 0.949. The Kier molecular flexibility index (Phi) is 7.76. The van der Waals surface area contributed by atoms with E-state index in [-0.39, 0.29) is 17.4 Å². The summed E-state index contributed by atoms with van der Waals surface area (Å²) in [6.07, 6.45) is 0.652. The first-order chi connectivity index (χ1) is 15.2. The van der Waals surface area contributed by atoms with Gasteiger partial charge in [0.05, 0.1) is 10.6 Å². The number of phenols is 1. The molecule has 3 aromatic rings. The number of nitrogens with one attached hydrogen (secondary N) is 2. The molecule has 9 heteroatoms. The van der Waals surface area contributed by atoms with E-state index in [1.807, 2.05) is 0 Å². The number of phenolic OH excluding ortho intramolecular Hbond substituents is 1. The van der Waals surface area contributed by atoms with Gasteiger partial charge in [-0.15, -0.1) is 12.6 Å². The van der Waals surface area contributed by atoms with Crippen LogP contribution in [-0.2, 0) is 24.0 Å². The van der Waals surface area contributed by atoms with Crippen LogP contribution in [0.4, 0.5) is 20.2 Å². The SMILES string of the molecule is Cc1c(F)cccc1NS(=O)c1cc(S)c(O)c2c1CNCC2.Cc1c(N)cccc1F. The molecule has 5 N–H and O–H groups in total. The first kappa shape index (κ1) is 24.0. The van der Waals surface area contributed by atoms with Crippen molar-refractivity contribution < 1.29 is 18.1 Å². The molecule has 0 spiro atoms. The molecule has 0 aliphatic carbocycles. The number of rotatable bonds is 3. The molecule has 170 valence electrons. The molecular formula is C23H25F2N3O2S2. The molecule has 1 heterocycles. The zero-order valence-corrected chi connectivity index (χ0v) is 19.4. The number of fused-ring (bicyclic) bond motifs is 1. The van der Waals surface area contributed by atoms with E-state index in [1.165, 1.54) is 12.1 Å². The van der Waals surface area contributed by atoms with Crippen LogP contribution in [0.3, 0.4) is 0 Å². The molecule has 0 saturated heterocycles. The topological polar surface area (TPSA) is 87.4 Å². The van der Waals surface area contributed by atoms with Crippen LogP contribution in [-0.4, -0.2) is 15.9 Å². The summed E-state index contributed by atoms with van der Waals surface area (Å²) in [5.41, 5.74) is 8.90. The smallest absolute Gasteiger partial charge is 0.150 e. The second kappa shape index (κ2) is 10.3. The average molecular weight is 478 g/mol. The largest absolute Gasteiger partial charge is 0.506 e. The van der Waals surface area contributed by atoms with Crippen LogP contribution in [0.2, 0.25) is 0 Å². The van der Waals surface area contributed by atoms with Crippen LogP contribution in [0.15, 0.2) is 52.3 Å². The molecule has 4 rings (SSSR count). The molecule has 0 bridgehead atoms. The van der Waals surface area contributed by atoms with E-state index in [0.29, 0.717) is 45.3 Å². The molecule has 1 aliphatic heterocycles. The van der Waals surface area contributed by atoms with E-state index in [0.717, 1.165) is 17.7 Å². The van der Waals surface area contributed by atoms with Gasteiger partial charge in [0, 0.05) is 33.8 Å². The van der Waals surface area contributed by atoms with Crippen LogP contribution in [0, 0.1) is 25.5 Å². The molecule has 5 nitrogen and oxygen atoms in total. The van der Waals surface area contributed by atoms with Crippen LogP contribution in [0.5, 0.6) is 5.75 Å². The van der Waals surface area contributed by atoms with Crippen LogP contribution < -0.4 is 15.8 Å².